The van der Waals surface area contributed by atoms with E-state index in [0.717, 1.165) is 57.9 Å². The molecule has 2 rings (SSSR count). The molecular weight excluding hydrogens is 373 g/mol. The summed E-state index contributed by atoms with van der Waals surface area (Å²) < 4.78 is 5.80. The first-order chi connectivity index (χ1) is 11.3. The number of rotatable bonds is 6. The number of carbonyl (C=O) groups excluding carboxylic acids is 1. The van der Waals surface area contributed by atoms with E-state index in [-0.39, 0.29) is 36.8 Å². The first kappa shape index (κ1) is 25.9. The molecule has 2 aliphatic rings. The lowest BCUT2D eigenvalue weighted by Crippen LogP contribution is -2.48. The van der Waals surface area contributed by atoms with Crippen molar-refractivity contribution in [2.75, 3.05) is 32.7 Å². The van der Waals surface area contributed by atoms with Gasteiger partial charge < -0.3 is 15.4 Å². The Morgan fingerprint density at radius 2 is 1.65 bits per heavy atom. The van der Waals surface area contributed by atoms with Crippen LogP contribution in [0, 0.1) is 11.8 Å². The Labute approximate surface area is 172 Å². The van der Waals surface area contributed by atoms with Gasteiger partial charge in [0.25, 0.3) is 0 Å². The second-order valence-electron chi connectivity index (χ2n) is 8.31. The predicted octanol–water partition coefficient (Wildman–Crippen LogP) is 2.94. The third-order valence-corrected chi connectivity index (χ3v) is 5.32. The average Bonchev–Trinajstić information content (AvgIpc) is 2.51. The molecule has 0 bridgehead atoms. The second kappa shape index (κ2) is 12.4. The number of nitrogens with zero attached hydrogens (tertiary/aromatic N) is 2. The summed E-state index contributed by atoms with van der Waals surface area (Å²) in [5.74, 6) is 1.36. The summed E-state index contributed by atoms with van der Waals surface area (Å²) in [6.07, 6.45) is 4.95. The Bertz CT molecular complexity index is 394. The van der Waals surface area contributed by atoms with Gasteiger partial charge in [-0.1, -0.05) is 13.8 Å². The summed E-state index contributed by atoms with van der Waals surface area (Å²) in [6, 6.07) is -0.321. The number of nitrogens with two attached hydrogens (primary N) is 1. The van der Waals surface area contributed by atoms with Crippen LogP contribution in [0.15, 0.2) is 0 Å². The summed E-state index contributed by atoms with van der Waals surface area (Å²) >= 11 is 0. The van der Waals surface area contributed by atoms with E-state index in [9.17, 15) is 4.79 Å². The van der Waals surface area contributed by atoms with E-state index >= 15 is 0 Å². The Balaban J connectivity index is 0.00000312. The molecular formula is C19H39Cl2N3O2. The van der Waals surface area contributed by atoms with Crippen molar-refractivity contribution < 1.29 is 9.53 Å². The molecule has 0 aromatic carbocycles. The maximum Gasteiger partial charge on any atom is 0.239 e. The van der Waals surface area contributed by atoms with Crippen LogP contribution in [0.5, 0.6) is 0 Å². The maximum absolute atomic E-state index is 12.4. The van der Waals surface area contributed by atoms with Crippen molar-refractivity contribution in [3.63, 3.8) is 0 Å². The van der Waals surface area contributed by atoms with Crippen LogP contribution in [-0.4, -0.2) is 66.7 Å². The molecule has 2 saturated heterocycles. The molecule has 2 unspecified atom stereocenters. The van der Waals surface area contributed by atoms with E-state index in [4.69, 9.17) is 10.5 Å². The SMILES string of the molecule is CC(C)C[C@H](N)C(=O)N1CCC(CCN2CC(C)OC(C)C2)CC1.Cl.Cl. The van der Waals surface area contributed by atoms with Gasteiger partial charge in [0.1, 0.15) is 0 Å². The van der Waals surface area contributed by atoms with Gasteiger partial charge in [-0.25, -0.2) is 0 Å². The van der Waals surface area contributed by atoms with Crippen LogP contribution in [0.1, 0.15) is 53.4 Å². The lowest BCUT2D eigenvalue weighted by atomic mass is 9.92. The van der Waals surface area contributed by atoms with Gasteiger partial charge in [0.2, 0.25) is 5.91 Å². The highest BCUT2D eigenvalue weighted by molar-refractivity contribution is 5.85. The second-order valence-corrected chi connectivity index (χ2v) is 8.31. The monoisotopic (exact) mass is 411 g/mol. The lowest BCUT2D eigenvalue weighted by Gasteiger charge is -2.37. The predicted molar refractivity (Wildman–Crippen MR) is 112 cm³/mol. The van der Waals surface area contributed by atoms with E-state index in [2.05, 4.69) is 32.6 Å². The number of amides is 1. The van der Waals surface area contributed by atoms with Crippen molar-refractivity contribution in [3.8, 4) is 0 Å². The van der Waals surface area contributed by atoms with E-state index in [1.807, 2.05) is 4.90 Å². The highest BCUT2D eigenvalue weighted by Gasteiger charge is 2.28. The van der Waals surface area contributed by atoms with Gasteiger partial charge in [-0.05, 0) is 57.9 Å². The van der Waals surface area contributed by atoms with Crippen LogP contribution in [0.4, 0.5) is 0 Å². The number of carbonyl (C=O) groups is 1. The quantitative estimate of drug-likeness (QED) is 0.729. The number of halogens is 2. The first-order valence-electron chi connectivity index (χ1n) is 9.77. The van der Waals surface area contributed by atoms with Gasteiger partial charge in [-0.15, -0.1) is 24.8 Å². The fourth-order valence-corrected chi connectivity index (χ4v) is 4.12. The third kappa shape index (κ3) is 8.30. The van der Waals surface area contributed by atoms with Crippen LogP contribution in [-0.2, 0) is 9.53 Å². The Morgan fingerprint density at radius 1 is 1.12 bits per heavy atom. The summed E-state index contributed by atoms with van der Waals surface area (Å²) in [4.78, 5) is 16.9. The summed E-state index contributed by atoms with van der Waals surface area (Å²) in [5, 5.41) is 0. The minimum Gasteiger partial charge on any atom is -0.373 e. The minimum absolute atomic E-state index is 0. The van der Waals surface area contributed by atoms with Gasteiger partial charge in [0.15, 0.2) is 0 Å². The molecule has 0 aromatic heterocycles. The van der Waals surface area contributed by atoms with Crippen LogP contribution in [0.25, 0.3) is 0 Å². The van der Waals surface area contributed by atoms with E-state index in [0.29, 0.717) is 18.1 Å². The fourth-order valence-electron chi connectivity index (χ4n) is 4.12. The molecule has 5 nitrogen and oxygen atoms in total. The van der Waals surface area contributed by atoms with Crippen molar-refractivity contribution in [1.82, 2.24) is 9.80 Å². The van der Waals surface area contributed by atoms with Gasteiger partial charge >= 0.3 is 0 Å². The van der Waals surface area contributed by atoms with Crippen LogP contribution >= 0.6 is 24.8 Å². The Hall–Kier alpha value is -0.0700. The van der Waals surface area contributed by atoms with Crippen molar-refractivity contribution >= 4 is 30.7 Å². The van der Waals surface area contributed by atoms with Crippen molar-refractivity contribution in [2.24, 2.45) is 17.6 Å². The number of piperidine rings is 1. The lowest BCUT2D eigenvalue weighted by molar-refractivity contribution is -0.134. The maximum atomic E-state index is 12.4. The van der Waals surface area contributed by atoms with E-state index in [1.54, 1.807) is 0 Å². The number of hydrogen-bond donors (Lipinski definition) is 1. The summed E-state index contributed by atoms with van der Waals surface area (Å²) in [7, 11) is 0. The zero-order chi connectivity index (χ0) is 17.7. The van der Waals surface area contributed by atoms with Gasteiger partial charge in [-0.2, -0.15) is 0 Å². The molecule has 26 heavy (non-hydrogen) atoms. The molecule has 2 aliphatic heterocycles. The molecule has 156 valence electrons. The molecule has 1 amide bonds. The third-order valence-electron chi connectivity index (χ3n) is 5.32. The first-order valence-corrected chi connectivity index (χ1v) is 9.77. The smallest absolute Gasteiger partial charge is 0.239 e. The van der Waals surface area contributed by atoms with Crippen molar-refractivity contribution in [3.05, 3.63) is 0 Å². The zero-order valence-electron chi connectivity index (χ0n) is 16.9. The summed E-state index contributed by atoms with van der Waals surface area (Å²) in [6.45, 7) is 13.6. The Morgan fingerprint density at radius 3 is 2.15 bits per heavy atom. The van der Waals surface area contributed by atoms with Crippen LogP contribution in [0.3, 0.4) is 0 Å². The van der Waals surface area contributed by atoms with Crippen molar-refractivity contribution in [1.29, 1.82) is 0 Å². The molecule has 0 aliphatic carbocycles. The molecule has 0 spiro atoms. The zero-order valence-corrected chi connectivity index (χ0v) is 18.5. The number of hydrogen-bond acceptors (Lipinski definition) is 4. The number of morpholine rings is 1. The highest BCUT2D eigenvalue weighted by Crippen LogP contribution is 2.23. The molecule has 0 aromatic rings. The van der Waals surface area contributed by atoms with E-state index in [1.165, 1.54) is 6.42 Å². The number of ether oxygens (including phenoxy) is 1. The van der Waals surface area contributed by atoms with Gasteiger partial charge in [0.05, 0.1) is 18.2 Å². The molecule has 0 radical (unpaired) electrons. The molecule has 2 fully saturated rings. The largest absolute Gasteiger partial charge is 0.373 e. The molecule has 2 heterocycles. The van der Waals surface area contributed by atoms with E-state index < -0.39 is 0 Å². The molecule has 2 N–H and O–H groups in total. The normalized spacial score (nSPS) is 26.2. The van der Waals surface area contributed by atoms with Gasteiger partial charge in [0, 0.05) is 26.2 Å². The van der Waals surface area contributed by atoms with Crippen LogP contribution < -0.4 is 5.73 Å². The minimum atomic E-state index is -0.321. The topological polar surface area (TPSA) is 58.8 Å². The Kier molecular flexibility index (Phi) is 12.4. The molecule has 0 saturated carbocycles. The molecule has 3 atom stereocenters. The van der Waals surface area contributed by atoms with Gasteiger partial charge in [-0.3, -0.25) is 9.69 Å². The summed E-state index contributed by atoms with van der Waals surface area (Å²) in [5.41, 5.74) is 6.06. The average molecular weight is 412 g/mol. The standard InChI is InChI=1S/C19H37N3O2.2ClH/c1-14(2)11-18(20)19(23)22-9-6-17(7-10-22)5-8-21-12-15(3)24-16(4)13-21;;/h14-18H,5-13,20H2,1-4H3;2*1H/t15?,16?,18-;;/m0../s1. The van der Waals surface area contributed by atoms with Crippen LogP contribution in [0.2, 0.25) is 0 Å². The fraction of sp³-hybridized carbons (Fsp3) is 0.947. The number of likely N-dealkylation sites (tertiary alicyclic amines) is 1. The molecule has 7 heteroatoms. The highest BCUT2D eigenvalue weighted by atomic mass is 35.5. The van der Waals surface area contributed by atoms with Crippen molar-refractivity contribution in [2.45, 2.75) is 71.6 Å².